The van der Waals surface area contributed by atoms with E-state index >= 15 is 0 Å². The summed E-state index contributed by atoms with van der Waals surface area (Å²) in [6.45, 7) is 0. The second-order valence-electron chi connectivity index (χ2n) is 8.09. The molecule has 4 saturated carbocycles. The molecule has 2 N–H and O–H groups in total. The normalized spacial score (nSPS) is 38.2. The van der Waals surface area contributed by atoms with E-state index < -0.39 is 11.7 Å². The SMILES string of the molecule is NC(=O)O[C@]12CC3CC(C1)[C@@H](N1C(=O)c4ccccc4C1=O)C(C3)C2. The Balaban J connectivity index is 1.49. The number of benzene rings is 1. The summed E-state index contributed by atoms with van der Waals surface area (Å²) in [7, 11) is 0. The molecule has 4 aliphatic carbocycles. The molecule has 6 rings (SSSR count). The molecule has 3 amide bonds. The van der Waals surface area contributed by atoms with E-state index in [2.05, 4.69) is 0 Å². The van der Waals surface area contributed by atoms with E-state index in [1.54, 1.807) is 24.3 Å². The summed E-state index contributed by atoms with van der Waals surface area (Å²) in [6.07, 6.45) is 3.50. The largest absolute Gasteiger partial charge is 0.443 e. The maximum absolute atomic E-state index is 12.9. The van der Waals surface area contributed by atoms with Gasteiger partial charge in [-0.15, -0.1) is 0 Å². The van der Waals surface area contributed by atoms with Crippen molar-refractivity contribution in [3.05, 3.63) is 35.4 Å². The van der Waals surface area contributed by atoms with Crippen LogP contribution in [0.2, 0.25) is 0 Å². The van der Waals surface area contributed by atoms with Gasteiger partial charge >= 0.3 is 6.09 Å². The molecule has 6 heteroatoms. The average Bonchev–Trinajstić information content (AvgIpc) is 2.78. The predicted molar refractivity (Wildman–Crippen MR) is 87.7 cm³/mol. The third-order valence-electron chi connectivity index (χ3n) is 6.61. The van der Waals surface area contributed by atoms with Crippen LogP contribution in [0.15, 0.2) is 24.3 Å². The number of rotatable bonds is 2. The van der Waals surface area contributed by atoms with Crippen LogP contribution in [0.25, 0.3) is 0 Å². The van der Waals surface area contributed by atoms with Crippen molar-refractivity contribution in [2.45, 2.75) is 43.7 Å². The quantitative estimate of drug-likeness (QED) is 0.837. The zero-order valence-electron chi connectivity index (χ0n) is 13.8. The lowest BCUT2D eigenvalue weighted by Gasteiger charge is -2.60. The second kappa shape index (κ2) is 4.84. The Morgan fingerprint density at radius 3 is 2.12 bits per heavy atom. The van der Waals surface area contributed by atoms with Gasteiger partial charge in [0.1, 0.15) is 5.60 Å². The maximum atomic E-state index is 12.9. The Labute approximate surface area is 145 Å². The van der Waals surface area contributed by atoms with E-state index in [0.29, 0.717) is 29.9 Å². The number of primary amides is 1. The van der Waals surface area contributed by atoms with Gasteiger partial charge in [-0.25, -0.2) is 4.79 Å². The van der Waals surface area contributed by atoms with E-state index in [1.165, 1.54) is 4.90 Å². The molecule has 0 saturated heterocycles. The van der Waals surface area contributed by atoms with Crippen LogP contribution in [0, 0.1) is 17.8 Å². The average molecular weight is 340 g/mol. The number of carbonyl (C=O) groups excluding carboxylic acids is 3. The molecule has 2 atom stereocenters. The molecule has 2 unspecified atom stereocenters. The molecule has 1 aromatic rings. The van der Waals surface area contributed by atoms with Gasteiger partial charge in [-0.3, -0.25) is 14.5 Å². The van der Waals surface area contributed by atoms with Gasteiger partial charge in [-0.1, -0.05) is 12.1 Å². The number of fused-ring (bicyclic) bond motifs is 1. The van der Waals surface area contributed by atoms with Crippen molar-refractivity contribution in [1.29, 1.82) is 0 Å². The van der Waals surface area contributed by atoms with Crippen molar-refractivity contribution in [1.82, 2.24) is 4.90 Å². The lowest BCUT2D eigenvalue weighted by molar-refractivity contribution is -0.149. The number of carbonyl (C=O) groups is 3. The van der Waals surface area contributed by atoms with E-state index in [-0.39, 0.29) is 29.7 Å². The summed E-state index contributed by atoms with van der Waals surface area (Å²) in [5.41, 5.74) is 5.81. The van der Waals surface area contributed by atoms with Crippen molar-refractivity contribution in [2.75, 3.05) is 0 Å². The molecular formula is C19H20N2O4. The molecule has 1 heterocycles. The van der Waals surface area contributed by atoms with Gasteiger partial charge in [0.25, 0.3) is 11.8 Å². The summed E-state index contributed by atoms with van der Waals surface area (Å²) >= 11 is 0. The van der Waals surface area contributed by atoms with Gasteiger partial charge in [0, 0.05) is 6.04 Å². The highest BCUT2D eigenvalue weighted by Crippen LogP contribution is 2.59. The molecule has 1 aliphatic heterocycles. The van der Waals surface area contributed by atoms with Crippen LogP contribution in [0.4, 0.5) is 4.79 Å². The Morgan fingerprint density at radius 2 is 1.60 bits per heavy atom. The minimum atomic E-state index is -0.723. The smallest absolute Gasteiger partial charge is 0.405 e. The number of nitrogens with zero attached hydrogens (tertiary/aromatic N) is 1. The third-order valence-corrected chi connectivity index (χ3v) is 6.61. The molecule has 4 bridgehead atoms. The lowest BCUT2D eigenvalue weighted by Crippen LogP contribution is -2.63. The zero-order chi connectivity index (χ0) is 17.3. The Hall–Kier alpha value is -2.37. The van der Waals surface area contributed by atoms with E-state index in [0.717, 1.165) is 19.3 Å². The highest BCUT2D eigenvalue weighted by Gasteiger charge is 2.60. The molecule has 130 valence electrons. The zero-order valence-corrected chi connectivity index (χ0v) is 13.8. The monoisotopic (exact) mass is 340 g/mol. The van der Waals surface area contributed by atoms with Crippen LogP contribution in [-0.4, -0.2) is 34.5 Å². The van der Waals surface area contributed by atoms with Crippen molar-refractivity contribution >= 4 is 17.9 Å². The molecule has 25 heavy (non-hydrogen) atoms. The molecule has 6 nitrogen and oxygen atoms in total. The lowest BCUT2D eigenvalue weighted by atomic mass is 9.52. The Bertz CT molecular complexity index is 753. The topological polar surface area (TPSA) is 89.7 Å². The van der Waals surface area contributed by atoms with Crippen molar-refractivity contribution in [2.24, 2.45) is 23.5 Å². The van der Waals surface area contributed by atoms with E-state index in [1.807, 2.05) is 0 Å². The summed E-state index contributed by atoms with van der Waals surface area (Å²) in [5, 5.41) is 0. The molecule has 5 aliphatic rings. The van der Waals surface area contributed by atoms with E-state index in [9.17, 15) is 14.4 Å². The summed E-state index contributed by atoms with van der Waals surface area (Å²) < 4.78 is 5.53. The molecular weight excluding hydrogens is 320 g/mol. The molecule has 0 aromatic heterocycles. The minimum absolute atomic E-state index is 0.0893. The minimum Gasteiger partial charge on any atom is -0.443 e. The van der Waals surface area contributed by atoms with Crippen molar-refractivity contribution in [3.63, 3.8) is 0 Å². The molecule has 0 radical (unpaired) electrons. The maximum Gasteiger partial charge on any atom is 0.405 e. The van der Waals surface area contributed by atoms with Crippen LogP contribution >= 0.6 is 0 Å². The van der Waals surface area contributed by atoms with Gasteiger partial charge in [0.15, 0.2) is 0 Å². The van der Waals surface area contributed by atoms with Gasteiger partial charge in [-0.05, 0) is 62.0 Å². The first-order valence-electron chi connectivity index (χ1n) is 8.93. The summed E-state index contributed by atoms with van der Waals surface area (Å²) in [5.74, 6) is 0.509. The first-order chi connectivity index (χ1) is 12.0. The second-order valence-corrected chi connectivity index (χ2v) is 8.09. The Morgan fingerprint density at radius 1 is 1.04 bits per heavy atom. The number of ether oxygens (including phenoxy) is 1. The third kappa shape index (κ3) is 2.00. The number of hydrogen-bond acceptors (Lipinski definition) is 4. The first-order valence-corrected chi connectivity index (χ1v) is 8.93. The highest BCUT2D eigenvalue weighted by molar-refractivity contribution is 6.21. The molecule has 0 spiro atoms. The van der Waals surface area contributed by atoms with Gasteiger partial charge in [0.05, 0.1) is 11.1 Å². The van der Waals surface area contributed by atoms with Crippen molar-refractivity contribution in [3.8, 4) is 0 Å². The standard InChI is InChI=1S/C19H20N2O4/c20-18(24)25-19-7-10-5-11(8-19)15(12(6-10)9-19)21-16(22)13-3-1-2-4-14(13)17(21)23/h1-4,10-12,15H,5-9H2,(H2,20,24)/t10?,11?,12?,15-,19-. The van der Waals surface area contributed by atoms with Gasteiger partial charge < -0.3 is 10.5 Å². The first kappa shape index (κ1) is 14.9. The predicted octanol–water partition coefficient (Wildman–Crippen LogP) is 2.33. The van der Waals surface area contributed by atoms with Crippen LogP contribution < -0.4 is 5.73 Å². The van der Waals surface area contributed by atoms with E-state index in [4.69, 9.17) is 10.5 Å². The van der Waals surface area contributed by atoms with Crippen LogP contribution in [-0.2, 0) is 4.74 Å². The van der Waals surface area contributed by atoms with Crippen LogP contribution in [0.3, 0.4) is 0 Å². The number of imide groups is 1. The Kier molecular flexibility index (Phi) is 2.89. The molecule has 4 fully saturated rings. The fourth-order valence-electron chi connectivity index (χ4n) is 6.16. The van der Waals surface area contributed by atoms with Gasteiger partial charge in [-0.2, -0.15) is 0 Å². The number of amides is 3. The fourth-order valence-corrected chi connectivity index (χ4v) is 6.16. The summed E-state index contributed by atoms with van der Waals surface area (Å²) in [4.78, 5) is 38.6. The fraction of sp³-hybridized carbons (Fsp3) is 0.526. The number of nitrogens with two attached hydrogens (primary N) is 1. The van der Waals surface area contributed by atoms with Crippen molar-refractivity contribution < 1.29 is 19.1 Å². The summed E-state index contributed by atoms with van der Waals surface area (Å²) in [6, 6.07) is 6.95. The van der Waals surface area contributed by atoms with Crippen LogP contribution in [0.5, 0.6) is 0 Å². The molecule has 1 aromatic carbocycles. The highest BCUT2D eigenvalue weighted by atomic mass is 16.6. The van der Waals surface area contributed by atoms with Crippen LogP contribution in [0.1, 0.15) is 52.8 Å². The van der Waals surface area contributed by atoms with Gasteiger partial charge in [0.2, 0.25) is 0 Å². The number of hydrogen-bond donors (Lipinski definition) is 1.